The lowest BCUT2D eigenvalue weighted by atomic mass is 10.0. The molecule has 2 aromatic carbocycles. The molecule has 1 unspecified atom stereocenters. The minimum atomic E-state index is 0.352. The second kappa shape index (κ2) is 7.50. The van der Waals surface area contributed by atoms with Crippen LogP contribution in [0.4, 0.5) is 0 Å². The van der Waals surface area contributed by atoms with E-state index in [1.165, 1.54) is 5.56 Å². The molecule has 0 aliphatic carbocycles. The number of ether oxygens (including phenoxy) is 1. The Bertz CT molecular complexity index is 612. The van der Waals surface area contributed by atoms with Gasteiger partial charge in [-0.1, -0.05) is 42.3 Å². The minimum absolute atomic E-state index is 0.352. The van der Waals surface area contributed by atoms with Gasteiger partial charge in [-0.15, -0.1) is 0 Å². The maximum absolute atomic E-state index is 6.15. The van der Waals surface area contributed by atoms with Crippen molar-refractivity contribution >= 4 is 39.1 Å². The first-order valence-corrected chi connectivity index (χ1v) is 8.19. The molecule has 0 heterocycles. The Balaban J connectivity index is 2.19. The summed E-state index contributed by atoms with van der Waals surface area (Å²) < 4.78 is 6.54. The molecule has 0 aromatic heterocycles. The van der Waals surface area contributed by atoms with Crippen molar-refractivity contribution in [3.8, 4) is 11.5 Å². The fraction of sp³-hybridized carbons (Fsp3) is 0.250. The van der Waals surface area contributed by atoms with Crippen LogP contribution in [0.15, 0.2) is 40.9 Å². The van der Waals surface area contributed by atoms with Gasteiger partial charge in [0.25, 0.3) is 0 Å². The molecule has 1 atom stereocenters. The van der Waals surface area contributed by atoms with Gasteiger partial charge < -0.3 is 10.1 Å². The van der Waals surface area contributed by atoms with E-state index in [2.05, 4.69) is 28.2 Å². The van der Waals surface area contributed by atoms with E-state index in [9.17, 15) is 0 Å². The Morgan fingerprint density at radius 2 is 1.81 bits per heavy atom. The van der Waals surface area contributed by atoms with Crippen molar-refractivity contribution in [3.63, 3.8) is 0 Å². The monoisotopic (exact) mass is 387 g/mol. The van der Waals surface area contributed by atoms with Crippen LogP contribution in [0.3, 0.4) is 0 Å². The standard InChI is InChI=1S/C16H16BrCl2NO/c1-3-15(20-2)10-4-6-11(7-5-10)21-16-9-13(18)12(17)8-14(16)19/h4-9,15,20H,3H2,1-2H3. The average Bonchev–Trinajstić information content (AvgIpc) is 2.48. The van der Waals surface area contributed by atoms with Crippen LogP contribution in [-0.4, -0.2) is 7.05 Å². The lowest BCUT2D eigenvalue weighted by Gasteiger charge is -2.15. The van der Waals surface area contributed by atoms with Crippen LogP contribution in [0.5, 0.6) is 11.5 Å². The zero-order valence-corrected chi connectivity index (χ0v) is 14.9. The molecule has 5 heteroatoms. The molecule has 2 aromatic rings. The van der Waals surface area contributed by atoms with Crippen molar-refractivity contribution in [2.75, 3.05) is 7.05 Å². The van der Waals surface area contributed by atoms with Gasteiger partial charge in [-0.25, -0.2) is 0 Å². The number of benzene rings is 2. The van der Waals surface area contributed by atoms with Crippen LogP contribution in [0.25, 0.3) is 0 Å². The minimum Gasteiger partial charge on any atom is -0.456 e. The summed E-state index contributed by atoms with van der Waals surface area (Å²) in [7, 11) is 1.96. The van der Waals surface area contributed by atoms with Gasteiger partial charge in [-0.3, -0.25) is 0 Å². The summed E-state index contributed by atoms with van der Waals surface area (Å²) in [5.41, 5.74) is 1.23. The lowest BCUT2D eigenvalue weighted by molar-refractivity contribution is 0.481. The number of hydrogen-bond acceptors (Lipinski definition) is 2. The molecule has 2 rings (SSSR count). The first kappa shape index (κ1) is 16.6. The van der Waals surface area contributed by atoms with Crippen molar-refractivity contribution in [2.24, 2.45) is 0 Å². The molecule has 1 N–H and O–H groups in total. The molecule has 0 radical (unpaired) electrons. The molecule has 21 heavy (non-hydrogen) atoms. The second-order valence-corrected chi connectivity index (χ2v) is 6.29. The SMILES string of the molecule is CCC(NC)c1ccc(Oc2cc(Cl)c(Br)cc2Cl)cc1. The van der Waals surface area contributed by atoms with Gasteiger partial charge in [-0.05, 0) is 53.2 Å². The van der Waals surface area contributed by atoms with Crippen molar-refractivity contribution < 1.29 is 4.74 Å². The lowest BCUT2D eigenvalue weighted by Crippen LogP contribution is -2.14. The third-order valence-electron chi connectivity index (χ3n) is 3.24. The number of halogens is 3. The number of rotatable bonds is 5. The molecule has 0 fully saturated rings. The van der Waals surface area contributed by atoms with Crippen molar-refractivity contribution in [2.45, 2.75) is 19.4 Å². The van der Waals surface area contributed by atoms with Crippen LogP contribution in [0, 0.1) is 0 Å². The zero-order chi connectivity index (χ0) is 15.4. The molecule has 112 valence electrons. The van der Waals surface area contributed by atoms with Crippen LogP contribution in [0.1, 0.15) is 24.9 Å². The molecule has 0 saturated carbocycles. The highest BCUT2D eigenvalue weighted by Crippen LogP contribution is 2.36. The zero-order valence-electron chi connectivity index (χ0n) is 11.8. The normalized spacial score (nSPS) is 12.2. The molecule has 0 saturated heterocycles. The Morgan fingerprint density at radius 1 is 1.14 bits per heavy atom. The van der Waals surface area contributed by atoms with E-state index in [-0.39, 0.29) is 0 Å². The summed E-state index contributed by atoms with van der Waals surface area (Å²) in [6, 6.07) is 11.7. The van der Waals surface area contributed by atoms with Gasteiger partial charge in [0.1, 0.15) is 11.5 Å². The number of hydrogen-bond donors (Lipinski definition) is 1. The summed E-state index contributed by atoms with van der Waals surface area (Å²) in [6.45, 7) is 2.15. The Morgan fingerprint density at radius 3 is 2.38 bits per heavy atom. The summed E-state index contributed by atoms with van der Waals surface area (Å²) >= 11 is 15.5. The third-order valence-corrected chi connectivity index (χ3v) is 4.73. The van der Waals surface area contributed by atoms with E-state index in [4.69, 9.17) is 27.9 Å². The van der Waals surface area contributed by atoms with E-state index in [1.807, 2.05) is 31.3 Å². The van der Waals surface area contributed by atoms with Gasteiger partial charge >= 0.3 is 0 Å². The summed E-state index contributed by atoms with van der Waals surface area (Å²) in [6.07, 6.45) is 1.03. The quantitative estimate of drug-likeness (QED) is 0.614. The van der Waals surface area contributed by atoms with Gasteiger partial charge in [0, 0.05) is 16.6 Å². The maximum atomic E-state index is 6.15. The fourth-order valence-electron chi connectivity index (χ4n) is 2.08. The predicted octanol–water partition coefficient (Wildman–Crippen LogP) is 6.22. The Kier molecular flexibility index (Phi) is 5.94. The molecule has 2 nitrogen and oxygen atoms in total. The van der Waals surface area contributed by atoms with Crippen LogP contribution >= 0.6 is 39.1 Å². The first-order valence-electron chi connectivity index (χ1n) is 6.64. The second-order valence-electron chi connectivity index (χ2n) is 4.62. The summed E-state index contributed by atoms with van der Waals surface area (Å²) in [4.78, 5) is 0. The largest absolute Gasteiger partial charge is 0.456 e. The highest BCUT2D eigenvalue weighted by Gasteiger charge is 2.09. The van der Waals surface area contributed by atoms with Crippen LogP contribution in [0.2, 0.25) is 10.0 Å². The highest BCUT2D eigenvalue weighted by atomic mass is 79.9. The van der Waals surface area contributed by atoms with E-state index >= 15 is 0 Å². The van der Waals surface area contributed by atoms with Gasteiger partial charge in [0.05, 0.1) is 10.0 Å². The fourth-order valence-corrected chi connectivity index (χ4v) is 2.92. The van der Waals surface area contributed by atoms with Gasteiger partial charge in [0.15, 0.2) is 0 Å². The molecule has 0 aliphatic rings. The maximum Gasteiger partial charge on any atom is 0.147 e. The average molecular weight is 389 g/mol. The van der Waals surface area contributed by atoms with E-state index in [0.717, 1.165) is 16.6 Å². The Hall–Kier alpha value is -0.740. The topological polar surface area (TPSA) is 21.3 Å². The van der Waals surface area contributed by atoms with Crippen molar-refractivity contribution in [1.82, 2.24) is 5.32 Å². The van der Waals surface area contributed by atoms with Gasteiger partial charge in [-0.2, -0.15) is 0 Å². The molecule has 0 spiro atoms. The molecule has 0 bridgehead atoms. The Labute approximate surface area is 143 Å². The predicted molar refractivity (Wildman–Crippen MR) is 92.8 cm³/mol. The highest BCUT2D eigenvalue weighted by molar-refractivity contribution is 9.10. The van der Waals surface area contributed by atoms with E-state index in [1.54, 1.807) is 12.1 Å². The van der Waals surface area contributed by atoms with E-state index in [0.29, 0.717) is 21.8 Å². The molecular weight excluding hydrogens is 373 g/mol. The first-order chi connectivity index (χ1) is 10.0. The number of nitrogens with one attached hydrogen (secondary N) is 1. The van der Waals surface area contributed by atoms with Crippen LogP contribution in [-0.2, 0) is 0 Å². The summed E-state index contributed by atoms with van der Waals surface area (Å²) in [5, 5.41) is 4.35. The van der Waals surface area contributed by atoms with Gasteiger partial charge in [0.2, 0.25) is 0 Å². The van der Waals surface area contributed by atoms with Crippen molar-refractivity contribution in [1.29, 1.82) is 0 Å². The molecular formula is C16H16BrCl2NO. The molecule has 0 amide bonds. The summed E-state index contributed by atoms with van der Waals surface area (Å²) in [5.74, 6) is 1.27. The third kappa shape index (κ3) is 4.13. The van der Waals surface area contributed by atoms with Crippen molar-refractivity contribution in [3.05, 3.63) is 56.5 Å². The van der Waals surface area contributed by atoms with E-state index < -0.39 is 0 Å². The molecule has 0 aliphatic heterocycles. The smallest absolute Gasteiger partial charge is 0.147 e. The van der Waals surface area contributed by atoms with Crippen LogP contribution < -0.4 is 10.1 Å².